The van der Waals surface area contributed by atoms with Gasteiger partial charge in [0, 0.05) is 69.6 Å². The van der Waals surface area contributed by atoms with Gasteiger partial charge in [-0.3, -0.25) is 4.99 Å². The zero-order valence-corrected chi connectivity index (χ0v) is 18.1. The Bertz CT molecular complexity index is 639. The number of piperazine rings is 1. The lowest BCUT2D eigenvalue weighted by molar-refractivity contribution is 0.270. The van der Waals surface area contributed by atoms with E-state index in [9.17, 15) is 0 Å². The summed E-state index contributed by atoms with van der Waals surface area (Å²) in [6.45, 7) is 15.2. The van der Waals surface area contributed by atoms with Crippen LogP contribution in [0.2, 0.25) is 0 Å². The molecule has 2 aliphatic rings. The fraction of sp³-hybridized carbons (Fsp3) is 0.700. The zero-order chi connectivity index (χ0) is 19.3. The third kappa shape index (κ3) is 5.51. The van der Waals surface area contributed by atoms with E-state index in [1.807, 2.05) is 25.0 Å². The molecule has 6 nitrogen and oxygen atoms in total. The normalized spacial score (nSPS) is 21.4. The second-order valence-corrected chi connectivity index (χ2v) is 9.68. The van der Waals surface area contributed by atoms with Gasteiger partial charge < -0.3 is 20.0 Å². The summed E-state index contributed by atoms with van der Waals surface area (Å²) >= 11 is 2.04. The number of likely N-dealkylation sites (N-methyl/N-ethyl adjacent to an activating group) is 1. The monoisotopic (exact) mass is 390 g/mol. The third-order valence-electron chi connectivity index (χ3n) is 5.34. The first-order valence-electron chi connectivity index (χ1n) is 10.0. The van der Waals surface area contributed by atoms with Crippen LogP contribution in [0.3, 0.4) is 0 Å². The van der Waals surface area contributed by atoms with Crippen molar-refractivity contribution in [2.45, 2.75) is 32.1 Å². The first-order valence-corrected chi connectivity index (χ1v) is 11.0. The molecule has 2 fully saturated rings. The van der Waals surface area contributed by atoms with Crippen molar-refractivity contribution in [1.29, 1.82) is 0 Å². The molecular formula is C20H34N6S. The predicted octanol–water partition coefficient (Wildman–Crippen LogP) is 2.13. The summed E-state index contributed by atoms with van der Waals surface area (Å²) in [5.74, 6) is 3.24. The van der Waals surface area contributed by atoms with Gasteiger partial charge in [0.15, 0.2) is 5.96 Å². The van der Waals surface area contributed by atoms with E-state index in [0.29, 0.717) is 0 Å². The van der Waals surface area contributed by atoms with E-state index in [0.717, 1.165) is 69.9 Å². The maximum atomic E-state index is 4.61. The summed E-state index contributed by atoms with van der Waals surface area (Å²) in [5, 5.41) is 3.55. The highest BCUT2D eigenvalue weighted by Crippen LogP contribution is 2.29. The average Bonchev–Trinajstić information content (AvgIpc) is 2.68. The topological polar surface area (TPSA) is 47.0 Å². The molecule has 3 heterocycles. The Labute approximate surface area is 168 Å². The number of hydrogen-bond acceptors (Lipinski definition) is 5. The number of nitrogens with zero attached hydrogens (tertiary/aromatic N) is 5. The lowest BCUT2D eigenvalue weighted by Crippen LogP contribution is -2.50. The second-order valence-electron chi connectivity index (χ2n) is 7.87. The van der Waals surface area contributed by atoms with E-state index in [1.54, 1.807) is 0 Å². The number of aromatic nitrogens is 1. The standard InChI is InChI=1S/C20H34N6S/c1-5-24-8-10-25(11-9-24)18-14-17(6-7-22-18)15-23-19(21-4)26-12-13-27-20(2,3)16-26/h6-7,14H,5,8-13,15-16H2,1-4H3,(H,21,23). The second kappa shape index (κ2) is 9.15. The number of nitrogens with one attached hydrogen (secondary N) is 1. The van der Waals surface area contributed by atoms with Gasteiger partial charge in [-0.05, 0) is 38.1 Å². The van der Waals surface area contributed by atoms with E-state index in [1.165, 1.54) is 5.56 Å². The van der Waals surface area contributed by atoms with Gasteiger partial charge in [-0.1, -0.05) is 6.92 Å². The van der Waals surface area contributed by atoms with Crippen molar-refractivity contribution < 1.29 is 0 Å². The molecule has 1 N–H and O–H groups in total. The summed E-state index contributed by atoms with van der Waals surface area (Å²) in [6, 6.07) is 4.32. The largest absolute Gasteiger partial charge is 0.354 e. The Morgan fingerprint density at radius 3 is 2.70 bits per heavy atom. The van der Waals surface area contributed by atoms with Crippen molar-refractivity contribution in [3.8, 4) is 0 Å². The number of guanidine groups is 1. The predicted molar refractivity (Wildman–Crippen MR) is 117 cm³/mol. The summed E-state index contributed by atoms with van der Waals surface area (Å²) in [6.07, 6.45) is 1.93. The Morgan fingerprint density at radius 2 is 2.04 bits per heavy atom. The van der Waals surface area contributed by atoms with Gasteiger partial charge in [0.05, 0.1) is 0 Å². The minimum absolute atomic E-state index is 0.278. The molecule has 1 aromatic rings. The SMILES string of the molecule is CCN1CCN(c2cc(CNC(=NC)N3CCSC(C)(C)C3)ccn2)CC1. The fourth-order valence-corrected chi connectivity index (χ4v) is 4.86. The number of anilines is 1. The van der Waals surface area contributed by atoms with Crippen LogP contribution in [0.25, 0.3) is 0 Å². The molecule has 2 saturated heterocycles. The molecule has 150 valence electrons. The van der Waals surface area contributed by atoms with Gasteiger partial charge in [0.25, 0.3) is 0 Å². The van der Waals surface area contributed by atoms with E-state index in [-0.39, 0.29) is 4.75 Å². The van der Waals surface area contributed by atoms with E-state index in [2.05, 4.69) is 62.9 Å². The maximum absolute atomic E-state index is 4.61. The highest BCUT2D eigenvalue weighted by molar-refractivity contribution is 8.00. The highest BCUT2D eigenvalue weighted by atomic mass is 32.2. The van der Waals surface area contributed by atoms with Gasteiger partial charge in [0.2, 0.25) is 0 Å². The molecule has 7 heteroatoms. The van der Waals surface area contributed by atoms with Crippen LogP contribution in [0.15, 0.2) is 23.3 Å². The van der Waals surface area contributed by atoms with Crippen molar-refractivity contribution in [3.63, 3.8) is 0 Å². The Morgan fingerprint density at radius 1 is 1.26 bits per heavy atom. The lowest BCUT2D eigenvalue weighted by atomic mass is 10.2. The van der Waals surface area contributed by atoms with Crippen LogP contribution in [0.5, 0.6) is 0 Å². The van der Waals surface area contributed by atoms with Crippen molar-refractivity contribution in [3.05, 3.63) is 23.9 Å². The maximum Gasteiger partial charge on any atom is 0.193 e. The van der Waals surface area contributed by atoms with E-state index < -0.39 is 0 Å². The quantitative estimate of drug-likeness (QED) is 0.628. The van der Waals surface area contributed by atoms with Gasteiger partial charge >= 0.3 is 0 Å². The smallest absolute Gasteiger partial charge is 0.193 e. The molecule has 0 spiro atoms. The first-order chi connectivity index (χ1) is 13.0. The molecule has 0 saturated carbocycles. The number of thioether (sulfide) groups is 1. The third-order valence-corrected chi connectivity index (χ3v) is 6.64. The van der Waals surface area contributed by atoms with Crippen molar-refractivity contribution in [1.82, 2.24) is 20.1 Å². The molecule has 2 aliphatic heterocycles. The molecule has 0 aromatic carbocycles. The summed E-state index contributed by atoms with van der Waals surface area (Å²) in [4.78, 5) is 16.4. The Hall–Kier alpha value is -1.47. The van der Waals surface area contributed by atoms with Crippen LogP contribution >= 0.6 is 11.8 Å². The minimum Gasteiger partial charge on any atom is -0.354 e. The van der Waals surface area contributed by atoms with E-state index in [4.69, 9.17) is 0 Å². The summed E-state index contributed by atoms with van der Waals surface area (Å²) in [7, 11) is 1.88. The number of rotatable bonds is 4. The molecule has 0 bridgehead atoms. The van der Waals surface area contributed by atoms with Gasteiger partial charge in [-0.2, -0.15) is 11.8 Å². The fourth-order valence-electron chi connectivity index (χ4n) is 3.75. The molecule has 1 aromatic heterocycles. The van der Waals surface area contributed by atoms with Gasteiger partial charge in [0.1, 0.15) is 5.82 Å². The number of pyridine rings is 1. The molecule has 0 aliphatic carbocycles. The van der Waals surface area contributed by atoms with Gasteiger partial charge in [-0.25, -0.2) is 4.98 Å². The van der Waals surface area contributed by atoms with Crippen LogP contribution in [-0.2, 0) is 6.54 Å². The van der Waals surface area contributed by atoms with Crippen molar-refractivity contribution in [2.75, 3.05) is 63.5 Å². The molecule has 0 atom stereocenters. The average molecular weight is 391 g/mol. The van der Waals surface area contributed by atoms with Crippen LogP contribution in [-0.4, -0.2) is 84.1 Å². The Balaban J connectivity index is 1.58. The number of aliphatic imine (C=N–C) groups is 1. The summed E-state index contributed by atoms with van der Waals surface area (Å²) in [5.41, 5.74) is 1.25. The molecule has 0 radical (unpaired) electrons. The zero-order valence-electron chi connectivity index (χ0n) is 17.2. The van der Waals surface area contributed by atoms with Crippen LogP contribution < -0.4 is 10.2 Å². The van der Waals surface area contributed by atoms with Crippen LogP contribution in [0.4, 0.5) is 5.82 Å². The van der Waals surface area contributed by atoms with Crippen molar-refractivity contribution in [2.24, 2.45) is 4.99 Å². The molecule has 27 heavy (non-hydrogen) atoms. The highest BCUT2D eigenvalue weighted by Gasteiger charge is 2.28. The molecule has 0 amide bonds. The van der Waals surface area contributed by atoms with Crippen LogP contribution in [0, 0.1) is 0 Å². The molecular weight excluding hydrogens is 356 g/mol. The van der Waals surface area contributed by atoms with E-state index >= 15 is 0 Å². The Kier molecular flexibility index (Phi) is 6.87. The molecule has 0 unspecified atom stereocenters. The number of hydrogen-bond donors (Lipinski definition) is 1. The lowest BCUT2D eigenvalue weighted by Gasteiger charge is -2.39. The van der Waals surface area contributed by atoms with Gasteiger partial charge in [-0.15, -0.1) is 0 Å². The first kappa shape index (κ1) is 20.3. The van der Waals surface area contributed by atoms with Crippen molar-refractivity contribution >= 4 is 23.5 Å². The molecule has 3 rings (SSSR count). The summed E-state index contributed by atoms with van der Waals surface area (Å²) < 4.78 is 0.278. The minimum atomic E-state index is 0.278. The van der Waals surface area contributed by atoms with Crippen LogP contribution in [0.1, 0.15) is 26.3 Å².